The van der Waals surface area contributed by atoms with E-state index in [4.69, 9.17) is 4.74 Å². The fourth-order valence-corrected chi connectivity index (χ4v) is 4.03. The zero-order valence-corrected chi connectivity index (χ0v) is 18.4. The Morgan fingerprint density at radius 2 is 2.03 bits per heavy atom. The molecule has 1 aliphatic rings. The van der Waals surface area contributed by atoms with Crippen LogP contribution in [0.1, 0.15) is 45.0 Å². The molecule has 0 saturated carbocycles. The molecule has 1 aliphatic heterocycles. The van der Waals surface area contributed by atoms with Gasteiger partial charge in [0, 0.05) is 29.7 Å². The van der Waals surface area contributed by atoms with Crippen LogP contribution in [0.25, 0.3) is 0 Å². The summed E-state index contributed by atoms with van der Waals surface area (Å²) < 4.78 is 45.9. The van der Waals surface area contributed by atoms with Gasteiger partial charge in [-0.25, -0.2) is 0 Å². The van der Waals surface area contributed by atoms with Crippen LogP contribution in [0.2, 0.25) is 0 Å². The Labute approximate surface area is 201 Å². The quantitative estimate of drug-likeness (QED) is 0.319. The lowest BCUT2D eigenvalue weighted by molar-refractivity contribution is -0.138. The molecule has 0 radical (unpaired) electrons. The van der Waals surface area contributed by atoms with Gasteiger partial charge in [0.15, 0.2) is 5.82 Å². The van der Waals surface area contributed by atoms with Gasteiger partial charge in [0.05, 0.1) is 11.1 Å². The Balaban J connectivity index is 1.49. The third kappa shape index (κ3) is 4.62. The van der Waals surface area contributed by atoms with Gasteiger partial charge in [-0.05, 0) is 23.8 Å². The van der Waals surface area contributed by atoms with E-state index in [9.17, 15) is 22.8 Å². The largest absolute Gasteiger partial charge is 0.488 e. The topological polar surface area (TPSA) is 138 Å². The van der Waals surface area contributed by atoms with E-state index in [0.29, 0.717) is 11.4 Å². The molecule has 0 spiro atoms. The number of nitrogens with zero attached hydrogens (tertiary/aromatic N) is 3. The summed E-state index contributed by atoms with van der Waals surface area (Å²) in [5, 5.41) is 19.3. The summed E-state index contributed by atoms with van der Waals surface area (Å²) in [4.78, 5) is 28.0. The lowest BCUT2D eigenvalue weighted by atomic mass is 9.86. The minimum absolute atomic E-state index is 0.0458. The molecule has 2 aromatic carbocycles. The zero-order chi connectivity index (χ0) is 25.3. The molecule has 5 rings (SSSR count). The molecule has 1 atom stereocenters. The van der Waals surface area contributed by atoms with Gasteiger partial charge in [0.1, 0.15) is 18.7 Å². The van der Waals surface area contributed by atoms with Gasteiger partial charge in [-0.2, -0.15) is 18.3 Å². The molecular weight excluding hydrogens is 479 g/mol. The average molecular weight is 497 g/mol. The van der Waals surface area contributed by atoms with Crippen LogP contribution in [0.3, 0.4) is 0 Å². The van der Waals surface area contributed by atoms with E-state index in [-0.39, 0.29) is 35.2 Å². The monoisotopic (exact) mass is 497 g/mol. The first-order chi connectivity index (χ1) is 17.3. The summed E-state index contributed by atoms with van der Waals surface area (Å²) >= 11 is 0. The van der Waals surface area contributed by atoms with Crippen LogP contribution in [-0.4, -0.2) is 37.2 Å². The number of alkyl halides is 3. The average Bonchev–Trinajstić information content (AvgIpc) is 3.54. The van der Waals surface area contributed by atoms with Crippen LogP contribution in [0.4, 0.5) is 24.9 Å². The normalized spacial score (nSPS) is 15.2. The Bertz CT molecular complexity index is 1420. The van der Waals surface area contributed by atoms with E-state index >= 15 is 0 Å². The first-order valence-electron chi connectivity index (χ1n) is 10.7. The second-order valence-corrected chi connectivity index (χ2v) is 7.98. The number of H-pyrrole nitrogens is 2. The molecule has 2 amide bonds. The SMILES string of the molecule is O=C1CC(c2ccc(OCc3ccccc3C(F)(F)F)c(C(=O)Nc3nnc[nH]3)c2)c2c[nH]nc2N1. The summed E-state index contributed by atoms with van der Waals surface area (Å²) in [5.41, 5.74) is 0.504. The van der Waals surface area contributed by atoms with Crippen LogP contribution in [-0.2, 0) is 17.6 Å². The Morgan fingerprint density at radius 1 is 1.19 bits per heavy atom. The summed E-state index contributed by atoms with van der Waals surface area (Å²) in [7, 11) is 0. The summed E-state index contributed by atoms with van der Waals surface area (Å²) in [6.07, 6.45) is -1.50. The number of nitrogens with one attached hydrogen (secondary N) is 4. The number of aromatic nitrogens is 5. The molecule has 4 aromatic rings. The van der Waals surface area contributed by atoms with Gasteiger partial charge in [0.25, 0.3) is 5.91 Å². The number of aromatic amines is 2. The highest BCUT2D eigenvalue weighted by atomic mass is 19.4. The smallest absolute Gasteiger partial charge is 0.416 e. The molecule has 0 fully saturated rings. The Morgan fingerprint density at radius 3 is 2.81 bits per heavy atom. The van der Waals surface area contributed by atoms with Crippen molar-refractivity contribution in [2.75, 3.05) is 10.6 Å². The minimum Gasteiger partial charge on any atom is -0.488 e. The fourth-order valence-electron chi connectivity index (χ4n) is 4.03. The van der Waals surface area contributed by atoms with Crippen LogP contribution in [0.5, 0.6) is 5.75 Å². The number of halogens is 3. The third-order valence-corrected chi connectivity index (χ3v) is 5.70. The number of anilines is 2. The highest BCUT2D eigenvalue weighted by Crippen LogP contribution is 2.38. The number of carbonyl (C=O) groups excluding carboxylic acids is 2. The predicted octanol–water partition coefficient (Wildman–Crippen LogP) is 3.85. The van der Waals surface area contributed by atoms with Crippen molar-refractivity contribution >= 4 is 23.6 Å². The lowest BCUT2D eigenvalue weighted by Crippen LogP contribution is -2.23. The number of rotatable bonds is 6. The summed E-state index contributed by atoms with van der Waals surface area (Å²) in [6, 6.07) is 9.75. The molecule has 184 valence electrons. The lowest BCUT2D eigenvalue weighted by Gasteiger charge is -2.23. The molecular formula is C23H18F3N7O3. The number of hydrogen-bond acceptors (Lipinski definition) is 6. The third-order valence-electron chi connectivity index (χ3n) is 5.70. The standard InChI is InChI=1S/C23H18F3N7O3/c24-23(25,26)17-4-2-1-3-13(17)10-36-18-6-5-12(7-15(18)21(35)31-22-27-11-29-33-22)14-8-19(34)30-20-16(14)9-28-32-20/h1-7,9,11,14H,8,10H2,(H2,28,30,32,34)(H2,27,29,31,33,35). The molecule has 1 unspecified atom stereocenters. The second kappa shape index (κ2) is 9.17. The van der Waals surface area contributed by atoms with Gasteiger partial charge < -0.3 is 15.0 Å². The molecule has 10 nitrogen and oxygen atoms in total. The van der Waals surface area contributed by atoms with Gasteiger partial charge in [0.2, 0.25) is 11.9 Å². The van der Waals surface area contributed by atoms with E-state index < -0.39 is 30.2 Å². The van der Waals surface area contributed by atoms with Gasteiger partial charge >= 0.3 is 6.18 Å². The van der Waals surface area contributed by atoms with Crippen LogP contribution < -0.4 is 15.4 Å². The second-order valence-electron chi connectivity index (χ2n) is 7.98. The van der Waals surface area contributed by atoms with Crippen molar-refractivity contribution in [1.82, 2.24) is 25.4 Å². The maximum atomic E-state index is 13.4. The number of carbonyl (C=O) groups is 2. The van der Waals surface area contributed by atoms with Crippen LogP contribution in [0, 0.1) is 0 Å². The van der Waals surface area contributed by atoms with Crippen molar-refractivity contribution in [2.24, 2.45) is 0 Å². The van der Waals surface area contributed by atoms with E-state index in [0.717, 1.165) is 11.6 Å². The number of hydrogen-bond donors (Lipinski definition) is 4. The first kappa shape index (κ1) is 23.1. The highest BCUT2D eigenvalue weighted by Gasteiger charge is 2.33. The molecule has 4 N–H and O–H groups in total. The van der Waals surface area contributed by atoms with E-state index in [2.05, 4.69) is 36.0 Å². The molecule has 36 heavy (non-hydrogen) atoms. The molecule has 0 saturated heterocycles. The number of benzene rings is 2. The minimum atomic E-state index is -4.56. The van der Waals surface area contributed by atoms with E-state index in [1.54, 1.807) is 12.3 Å². The molecule has 0 aliphatic carbocycles. The van der Waals surface area contributed by atoms with Gasteiger partial charge in [-0.1, -0.05) is 24.3 Å². The zero-order valence-electron chi connectivity index (χ0n) is 18.4. The van der Waals surface area contributed by atoms with Gasteiger partial charge in [-0.3, -0.25) is 20.0 Å². The Kier molecular flexibility index (Phi) is 5.88. The van der Waals surface area contributed by atoms with Crippen LogP contribution in [0.15, 0.2) is 55.0 Å². The predicted molar refractivity (Wildman–Crippen MR) is 120 cm³/mol. The van der Waals surface area contributed by atoms with Crippen molar-refractivity contribution in [3.05, 3.63) is 82.8 Å². The van der Waals surface area contributed by atoms with Crippen molar-refractivity contribution in [3.63, 3.8) is 0 Å². The van der Waals surface area contributed by atoms with Crippen molar-refractivity contribution < 1.29 is 27.5 Å². The Hall–Kier alpha value is -4.68. The highest BCUT2D eigenvalue weighted by molar-refractivity contribution is 6.05. The van der Waals surface area contributed by atoms with E-state index in [1.807, 2.05) is 0 Å². The first-order valence-corrected chi connectivity index (χ1v) is 10.7. The molecule has 13 heteroatoms. The summed E-state index contributed by atoms with van der Waals surface area (Å²) in [6.45, 7) is -0.421. The van der Waals surface area contributed by atoms with Crippen molar-refractivity contribution in [1.29, 1.82) is 0 Å². The van der Waals surface area contributed by atoms with Crippen molar-refractivity contribution in [2.45, 2.75) is 25.1 Å². The summed E-state index contributed by atoms with van der Waals surface area (Å²) in [5.74, 6) is -0.734. The number of fused-ring (bicyclic) bond motifs is 1. The number of ether oxygens (including phenoxy) is 1. The van der Waals surface area contributed by atoms with Gasteiger partial charge in [-0.15, -0.1) is 10.2 Å². The van der Waals surface area contributed by atoms with Crippen molar-refractivity contribution in [3.8, 4) is 5.75 Å². The van der Waals surface area contributed by atoms with Crippen LogP contribution >= 0.6 is 0 Å². The number of amides is 2. The molecule has 3 heterocycles. The van der Waals surface area contributed by atoms with E-state index in [1.165, 1.54) is 36.7 Å². The molecule has 2 aromatic heterocycles. The fraction of sp³-hybridized carbons (Fsp3) is 0.174. The maximum absolute atomic E-state index is 13.4. The maximum Gasteiger partial charge on any atom is 0.416 e. The molecule has 0 bridgehead atoms.